The Bertz CT molecular complexity index is 4060. The first-order valence-corrected chi connectivity index (χ1v) is 50.1. The number of hydrogen-bond donors (Lipinski definition) is 29. The lowest BCUT2D eigenvalue weighted by Gasteiger charge is -2.28. The fraction of sp³-hybridized carbons (Fsp3) is 0.720. The van der Waals surface area contributed by atoms with Gasteiger partial charge in [0.2, 0.25) is 112 Å². The first-order valence-electron chi connectivity index (χ1n) is 50.1. The number of phenolic OH excluding ortho intramolecular Hbond substituents is 1. The number of carboxylic acid groups (broad SMARTS) is 1. The van der Waals surface area contributed by atoms with Crippen molar-refractivity contribution in [2.24, 2.45) is 51.6 Å². The number of carboxylic acids is 1. The number of primary amides is 1. The van der Waals surface area contributed by atoms with Gasteiger partial charge >= 0.3 is 5.97 Å². The molecule has 0 saturated carbocycles. The molecule has 0 aromatic heterocycles. The van der Waals surface area contributed by atoms with Crippen LogP contribution in [-0.2, 0) is 102 Å². The molecule has 0 bridgehead atoms. The number of carbonyl (C=O) groups excluding carboxylic acids is 19. The van der Waals surface area contributed by atoms with Gasteiger partial charge in [0, 0.05) is 12.8 Å². The third-order valence-electron chi connectivity index (χ3n) is 23.0. The van der Waals surface area contributed by atoms with Gasteiger partial charge in [0.25, 0.3) is 0 Å². The second-order valence-electron chi connectivity index (χ2n) is 35.1. The van der Waals surface area contributed by atoms with Gasteiger partial charge in [-0.15, -0.1) is 0 Å². The van der Waals surface area contributed by atoms with E-state index >= 15 is 0 Å². The van der Waals surface area contributed by atoms with Crippen molar-refractivity contribution in [3.05, 3.63) is 29.8 Å². The molecule has 49 heteroatoms. The third kappa shape index (κ3) is 53.8. The summed E-state index contributed by atoms with van der Waals surface area (Å²) in [6.45, 7) is 8.84. The molecule has 1 aromatic rings. The maximum Gasteiger partial charge on any atom is 0.326 e. The molecule has 0 radical (unpaired) electrons. The van der Waals surface area contributed by atoms with Crippen molar-refractivity contribution >= 4 is 118 Å². The average molecular weight is 2020 g/mol. The van der Waals surface area contributed by atoms with Crippen LogP contribution >= 0.6 is 0 Å². The number of amides is 19. The van der Waals surface area contributed by atoms with E-state index < -0.39 is 241 Å². The molecule has 0 aliphatic rings. The van der Waals surface area contributed by atoms with E-state index in [1.54, 1.807) is 0 Å². The number of aliphatic carboxylic acids is 1. The Labute approximate surface area is 832 Å². The summed E-state index contributed by atoms with van der Waals surface area (Å²) in [6, 6.07) is -14.4. The van der Waals surface area contributed by atoms with Gasteiger partial charge in [-0.05, 0) is 198 Å². The lowest BCUT2D eigenvalue weighted by Crippen LogP contribution is -2.60. The Kier molecular flexibility index (Phi) is 68.4. The highest BCUT2D eigenvalue weighted by Crippen LogP contribution is 2.17. The van der Waals surface area contributed by atoms with Gasteiger partial charge in [-0.3, -0.25) is 91.1 Å². The van der Waals surface area contributed by atoms with Crippen molar-refractivity contribution in [2.75, 3.05) is 72.0 Å². The molecule has 806 valence electrons. The van der Waals surface area contributed by atoms with Gasteiger partial charge in [-0.2, -0.15) is 0 Å². The zero-order valence-electron chi connectivity index (χ0n) is 83.8. The fourth-order valence-corrected chi connectivity index (χ4v) is 14.7. The van der Waals surface area contributed by atoms with Crippen LogP contribution in [-0.4, -0.2) is 291 Å². The lowest BCUT2D eigenvalue weighted by molar-refractivity contribution is -0.141. The minimum atomic E-state index is -1.50. The number of hydrogen-bond acceptors (Lipinski definition) is 29. The lowest BCUT2D eigenvalue weighted by atomic mass is 10.0. The molecule has 1 rings (SSSR count). The number of phenols is 1. The highest BCUT2D eigenvalue weighted by atomic mass is 16.4. The molecule has 0 aliphatic carbocycles. The zero-order valence-corrected chi connectivity index (χ0v) is 83.8. The molecule has 0 heterocycles. The summed E-state index contributed by atoms with van der Waals surface area (Å²) in [7, 11) is 0. The molecular formula is C93H167N27O22. The van der Waals surface area contributed by atoms with E-state index in [0.29, 0.717) is 82.6 Å². The quantitative estimate of drug-likeness (QED) is 0.0289. The summed E-state index contributed by atoms with van der Waals surface area (Å²) in [4.78, 5) is 276. The minimum Gasteiger partial charge on any atom is -0.508 e. The van der Waals surface area contributed by atoms with Crippen LogP contribution in [0.5, 0.6) is 5.75 Å². The Balaban J connectivity index is 3.47. The highest BCUT2D eigenvalue weighted by molar-refractivity contribution is 6.01. The summed E-state index contributed by atoms with van der Waals surface area (Å²) in [5.74, 6) is -17.1. The average Bonchev–Trinajstić information content (AvgIpc) is 0.860. The topological polar surface area (TPSA) is 833 Å². The summed E-state index contributed by atoms with van der Waals surface area (Å²) < 4.78 is 0. The van der Waals surface area contributed by atoms with E-state index in [2.05, 4.69) is 95.7 Å². The van der Waals surface area contributed by atoms with Crippen LogP contribution in [0.4, 0.5) is 0 Å². The molecule has 0 saturated heterocycles. The van der Waals surface area contributed by atoms with Crippen LogP contribution in [0.25, 0.3) is 0 Å². The van der Waals surface area contributed by atoms with Crippen LogP contribution in [0.1, 0.15) is 265 Å². The van der Waals surface area contributed by atoms with Crippen LogP contribution in [0, 0.1) is 0 Å². The van der Waals surface area contributed by atoms with Crippen molar-refractivity contribution in [3.8, 4) is 5.75 Å². The van der Waals surface area contributed by atoms with Gasteiger partial charge in [0.15, 0.2) is 0 Å². The van der Waals surface area contributed by atoms with Crippen LogP contribution in [0.15, 0.2) is 24.3 Å². The smallest absolute Gasteiger partial charge is 0.326 e. The van der Waals surface area contributed by atoms with Gasteiger partial charge in [-0.1, -0.05) is 131 Å². The highest BCUT2D eigenvalue weighted by Gasteiger charge is 2.39. The van der Waals surface area contributed by atoms with Gasteiger partial charge in [-0.25, -0.2) is 4.79 Å². The van der Waals surface area contributed by atoms with E-state index in [4.69, 9.17) is 51.6 Å². The minimum absolute atomic E-state index is 0.00977. The van der Waals surface area contributed by atoms with Crippen molar-refractivity contribution in [1.82, 2.24) is 95.7 Å². The monoisotopic (exact) mass is 2010 g/mol. The van der Waals surface area contributed by atoms with Crippen LogP contribution in [0.3, 0.4) is 0 Å². The van der Waals surface area contributed by atoms with Gasteiger partial charge < -0.3 is 158 Å². The number of benzene rings is 1. The second-order valence-corrected chi connectivity index (χ2v) is 35.1. The Morgan fingerprint density at radius 3 is 0.599 bits per heavy atom. The standard InChI is InChI=1S/C93H167N27O22/c1-7-13-26-59(79(127)103-54-76(124)107-63(32-19-45-94)83(131)115-67(34-21-47-96)87(135)110-61(28-15-9-3)81(129)105-56-78(126)109-73(93(141)142)52-57-39-41-58(121)42-40-57)111-88(136)68(35-22-48-97)118-91(139)71(38-25-51-100)117-85(133)65(30-17-11-5)114-90(138)70(37-24-50-99)116-84(132)64(33-20-46-95)108-77(125)55-104-80(128)60(27-14-8-2)112-89(137)69(36-23-49-98)119-92(140)72(43-44-74(102)122)120-86(134)66(31-18-12-6)113-82(130)62(29-16-10-4)106-75(123)53-101/h39-42,59-73,121H,7-38,43-56,94-101H2,1-6H3,(H2,102,122)(H,103,127)(H,104,128)(H,105,129)(H,106,123)(H,107,124)(H,108,125)(H,109,126)(H,110,135)(H,111,136)(H,112,137)(H,113,130)(H,114,138)(H,115,131)(H,116,132)(H,117,133)(H,118,139)(H,119,140)(H,120,134)(H,141,142)/t59-,60-,61-,62-,63-,64-,65-,66-,67-,68-,69-,70-,71-,72-,73-/m0/s1. The number of nitrogens with two attached hydrogens (primary N) is 9. The maximum atomic E-state index is 14.6. The molecular weight excluding hydrogens is 1850 g/mol. The fourth-order valence-electron chi connectivity index (χ4n) is 14.7. The van der Waals surface area contributed by atoms with Crippen molar-refractivity contribution in [2.45, 2.75) is 357 Å². The Morgan fingerprint density at radius 2 is 0.415 bits per heavy atom. The summed E-state index contributed by atoms with van der Waals surface area (Å²) in [5, 5.41) is 66.2. The molecule has 0 aliphatic heterocycles. The third-order valence-corrected chi connectivity index (χ3v) is 23.0. The predicted octanol–water partition coefficient (Wildman–Crippen LogP) is -5.82. The predicted molar refractivity (Wildman–Crippen MR) is 530 cm³/mol. The molecule has 49 nitrogen and oxygen atoms in total. The number of nitrogens with one attached hydrogen (secondary N) is 18. The molecule has 0 unspecified atom stereocenters. The van der Waals surface area contributed by atoms with E-state index in [1.165, 1.54) is 24.3 Å². The SMILES string of the molecule is CCCC[C@H](NC(=O)CN)C(=O)N[C@@H](CCCC)C(=O)N[C@@H](CCC(N)=O)C(=O)N[C@@H](CCCN)C(=O)N[C@@H](CCCC)C(=O)NCC(=O)N[C@@H](CCCN)C(=O)N[C@@H](CCCN)C(=O)N[C@@H](CCCC)C(=O)N[C@@H](CCCN)C(=O)N[C@@H](CCCN)C(=O)N[C@@H](CCCC)C(=O)NCC(=O)N[C@@H](CCCN)C(=O)N[C@@H](CCCN)C(=O)N[C@@H](CCCC)C(=O)NCC(=O)N[C@@H](Cc1ccc(O)cc1)C(=O)O. The molecule has 0 fully saturated rings. The van der Waals surface area contributed by atoms with Gasteiger partial charge in [0.1, 0.15) is 96.4 Å². The van der Waals surface area contributed by atoms with Crippen molar-refractivity contribution in [3.63, 3.8) is 0 Å². The molecule has 19 amide bonds. The number of rotatable bonds is 81. The largest absolute Gasteiger partial charge is 0.508 e. The first-order chi connectivity index (χ1) is 67.9. The van der Waals surface area contributed by atoms with Gasteiger partial charge in [0.05, 0.1) is 26.2 Å². The molecule has 38 N–H and O–H groups in total. The molecule has 142 heavy (non-hydrogen) atoms. The van der Waals surface area contributed by atoms with Crippen molar-refractivity contribution in [1.29, 1.82) is 0 Å². The molecule has 0 spiro atoms. The van der Waals surface area contributed by atoms with E-state index in [0.717, 1.165) is 0 Å². The summed E-state index contributed by atoms with van der Waals surface area (Å²) in [5.41, 5.74) is 52.7. The number of carbonyl (C=O) groups is 20. The number of aromatic hydroxyl groups is 1. The van der Waals surface area contributed by atoms with Crippen LogP contribution in [0.2, 0.25) is 0 Å². The maximum absolute atomic E-state index is 14.6. The number of unbranched alkanes of at least 4 members (excludes halogenated alkanes) is 6. The summed E-state index contributed by atoms with van der Waals surface area (Å²) >= 11 is 0. The summed E-state index contributed by atoms with van der Waals surface area (Å²) in [6.07, 6.45) is 6.30. The van der Waals surface area contributed by atoms with E-state index in [1.807, 2.05) is 41.5 Å². The second kappa shape index (κ2) is 75.9. The molecule has 15 atom stereocenters. The van der Waals surface area contributed by atoms with Crippen molar-refractivity contribution < 1.29 is 106 Å². The zero-order chi connectivity index (χ0) is 106. The molecule has 1 aromatic carbocycles. The normalized spacial score (nSPS) is 14.2. The Hall–Kier alpha value is -11.9. The van der Waals surface area contributed by atoms with E-state index in [-0.39, 0.29) is 193 Å². The first kappa shape index (κ1) is 128. The van der Waals surface area contributed by atoms with Crippen LogP contribution < -0.4 is 147 Å². The Morgan fingerprint density at radius 1 is 0.239 bits per heavy atom. The van der Waals surface area contributed by atoms with E-state index in [9.17, 15) is 106 Å².